The molecular weight excluding hydrogens is 338 g/mol. The van der Waals surface area contributed by atoms with Crippen LogP contribution in [-0.2, 0) is 21.2 Å². The molecule has 1 heterocycles. The number of thiophene rings is 1. The molecule has 0 unspecified atom stereocenters. The number of esters is 1. The molecule has 0 aliphatic carbocycles. The van der Waals surface area contributed by atoms with E-state index in [4.69, 9.17) is 4.74 Å². The molecule has 1 aromatic carbocycles. The van der Waals surface area contributed by atoms with Crippen LogP contribution in [0.1, 0.15) is 15.2 Å². The van der Waals surface area contributed by atoms with Crippen LogP contribution >= 0.6 is 11.3 Å². The Hall–Kier alpha value is -1.90. The van der Waals surface area contributed by atoms with Crippen molar-refractivity contribution in [1.82, 2.24) is 4.72 Å². The minimum Gasteiger partial charge on any atom is -0.497 e. The van der Waals surface area contributed by atoms with E-state index in [-0.39, 0.29) is 16.3 Å². The SMILES string of the molecule is COC(=O)c1sccc1S(=O)(=O)NCCc1ccc(OC)cc1. The predicted octanol–water partition coefficient (Wildman–Crippen LogP) is 2.06. The van der Waals surface area contributed by atoms with E-state index >= 15 is 0 Å². The summed E-state index contributed by atoms with van der Waals surface area (Å²) in [7, 11) is -0.947. The van der Waals surface area contributed by atoms with Crippen LogP contribution in [0.3, 0.4) is 0 Å². The van der Waals surface area contributed by atoms with Gasteiger partial charge in [0.25, 0.3) is 0 Å². The van der Waals surface area contributed by atoms with E-state index < -0.39 is 16.0 Å². The summed E-state index contributed by atoms with van der Waals surface area (Å²) in [6.45, 7) is 0.227. The number of hydrogen-bond acceptors (Lipinski definition) is 6. The van der Waals surface area contributed by atoms with Crippen LogP contribution in [0.5, 0.6) is 5.75 Å². The summed E-state index contributed by atoms with van der Waals surface area (Å²) in [6.07, 6.45) is 0.529. The molecule has 1 N–H and O–H groups in total. The Bertz CT molecular complexity index is 765. The summed E-state index contributed by atoms with van der Waals surface area (Å²) >= 11 is 1.04. The highest BCUT2D eigenvalue weighted by Gasteiger charge is 2.24. The first-order valence-corrected chi connectivity index (χ1v) is 9.12. The number of sulfonamides is 1. The maximum absolute atomic E-state index is 12.3. The number of methoxy groups -OCH3 is 2. The second-order valence-electron chi connectivity index (χ2n) is 4.60. The molecule has 124 valence electrons. The molecule has 0 aliphatic rings. The average Bonchev–Trinajstić information content (AvgIpc) is 3.05. The van der Waals surface area contributed by atoms with Gasteiger partial charge in [-0.25, -0.2) is 17.9 Å². The van der Waals surface area contributed by atoms with Crippen LogP contribution in [0.15, 0.2) is 40.6 Å². The summed E-state index contributed by atoms with van der Waals surface area (Å²) in [6, 6.07) is 8.78. The quantitative estimate of drug-likeness (QED) is 0.769. The molecule has 23 heavy (non-hydrogen) atoms. The lowest BCUT2D eigenvalue weighted by Gasteiger charge is -2.07. The van der Waals surface area contributed by atoms with Crippen molar-refractivity contribution in [2.24, 2.45) is 0 Å². The first-order valence-electron chi connectivity index (χ1n) is 6.76. The molecule has 2 aromatic rings. The molecule has 1 aromatic heterocycles. The van der Waals surface area contributed by atoms with E-state index in [1.165, 1.54) is 13.2 Å². The summed E-state index contributed by atoms with van der Waals surface area (Å²) < 4.78 is 36.7. The molecule has 6 nitrogen and oxygen atoms in total. The van der Waals surface area contributed by atoms with Crippen molar-refractivity contribution < 1.29 is 22.7 Å². The summed E-state index contributed by atoms with van der Waals surface area (Å²) in [5.74, 6) is 0.0888. The highest BCUT2D eigenvalue weighted by atomic mass is 32.2. The van der Waals surface area contributed by atoms with E-state index in [0.29, 0.717) is 6.42 Å². The fourth-order valence-electron chi connectivity index (χ4n) is 1.95. The maximum atomic E-state index is 12.3. The second-order valence-corrected chi connectivity index (χ2v) is 7.25. The van der Waals surface area contributed by atoms with Gasteiger partial charge in [0.2, 0.25) is 10.0 Å². The van der Waals surface area contributed by atoms with Gasteiger partial charge in [0.1, 0.15) is 15.5 Å². The molecular formula is C15H17NO5S2. The van der Waals surface area contributed by atoms with E-state index in [9.17, 15) is 13.2 Å². The standard InChI is InChI=1S/C15H17NO5S2/c1-20-12-5-3-11(4-6-12)7-9-16-23(18,19)13-8-10-22-14(13)15(17)21-2/h3-6,8,10,16H,7,9H2,1-2H3. The van der Waals surface area contributed by atoms with Crippen molar-refractivity contribution in [3.63, 3.8) is 0 Å². The van der Waals surface area contributed by atoms with Crippen LogP contribution in [0, 0.1) is 0 Å². The number of hydrogen-bond donors (Lipinski definition) is 1. The zero-order valence-electron chi connectivity index (χ0n) is 12.7. The molecule has 2 rings (SSSR count). The third kappa shape index (κ3) is 4.31. The molecule has 0 atom stereocenters. The molecule has 0 spiro atoms. The van der Waals surface area contributed by atoms with Gasteiger partial charge < -0.3 is 9.47 Å². The minimum absolute atomic E-state index is 0.0518. The maximum Gasteiger partial charge on any atom is 0.349 e. The van der Waals surface area contributed by atoms with Gasteiger partial charge in [-0.2, -0.15) is 0 Å². The Morgan fingerprint density at radius 2 is 1.87 bits per heavy atom. The van der Waals surface area contributed by atoms with Gasteiger partial charge in [0.05, 0.1) is 14.2 Å². The van der Waals surface area contributed by atoms with Crippen molar-refractivity contribution in [3.8, 4) is 5.75 Å². The van der Waals surface area contributed by atoms with Gasteiger partial charge in [-0.05, 0) is 35.6 Å². The Morgan fingerprint density at radius 1 is 1.17 bits per heavy atom. The Balaban J connectivity index is 2.01. The molecule has 0 radical (unpaired) electrons. The second kappa shape index (κ2) is 7.58. The van der Waals surface area contributed by atoms with E-state index in [1.54, 1.807) is 12.5 Å². The number of nitrogens with one attached hydrogen (secondary N) is 1. The lowest BCUT2D eigenvalue weighted by molar-refractivity contribution is 0.0602. The summed E-state index contributed by atoms with van der Waals surface area (Å²) in [4.78, 5) is 11.6. The Morgan fingerprint density at radius 3 is 2.48 bits per heavy atom. The lowest BCUT2D eigenvalue weighted by Crippen LogP contribution is -2.27. The van der Waals surface area contributed by atoms with Gasteiger partial charge in [-0.15, -0.1) is 11.3 Å². The van der Waals surface area contributed by atoms with Gasteiger partial charge in [0, 0.05) is 6.54 Å². The molecule has 8 heteroatoms. The van der Waals surface area contributed by atoms with Crippen LogP contribution < -0.4 is 9.46 Å². The lowest BCUT2D eigenvalue weighted by atomic mass is 10.1. The third-order valence-corrected chi connectivity index (χ3v) is 5.68. The fraction of sp³-hybridized carbons (Fsp3) is 0.267. The van der Waals surface area contributed by atoms with Crippen molar-refractivity contribution >= 4 is 27.3 Å². The van der Waals surface area contributed by atoms with Gasteiger partial charge in [0.15, 0.2) is 0 Å². The highest BCUT2D eigenvalue weighted by Crippen LogP contribution is 2.22. The first kappa shape index (κ1) is 17.5. The van der Waals surface area contributed by atoms with Gasteiger partial charge in [-0.1, -0.05) is 12.1 Å². The predicted molar refractivity (Wildman–Crippen MR) is 87.5 cm³/mol. The molecule has 0 saturated carbocycles. The Labute approximate surface area is 139 Å². The van der Waals surface area contributed by atoms with E-state index in [2.05, 4.69) is 9.46 Å². The summed E-state index contributed by atoms with van der Waals surface area (Å²) in [5.41, 5.74) is 0.979. The normalized spacial score (nSPS) is 11.2. The number of ether oxygens (including phenoxy) is 2. The number of rotatable bonds is 7. The minimum atomic E-state index is -3.75. The fourth-order valence-corrected chi connectivity index (χ4v) is 4.31. The Kier molecular flexibility index (Phi) is 5.75. The zero-order valence-corrected chi connectivity index (χ0v) is 14.4. The molecule has 0 amide bonds. The van der Waals surface area contributed by atoms with E-state index in [1.807, 2.05) is 24.3 Å². The largest absolute Gasteiger partial charge is 0.497 e. The smallest absolute Gasteiger partial charge is 0.349 e. The van der Waals surface area contributed by atoms with Gasteiger partial charge in [-0.3, -0.25) is 0 Å². The van der Waals surface area contributed by atoms with Crippen LogP contribution in [0.4, 0.5) is 0 Å². The van der Waals surface area contributed by atoms with Crippen LogP contribution in [-0.4, -0.2) is 35.2 Å². The van der Waals surface area contributed by atoms with Crippen LogP contribution in [0.25, 0.3) is 0 Å². The highest BCUT2D eigenvalue weighted by molar-refractivity contribution is 7.89. The topological polar surface area (TPSA) is 81.7 Å². The molecule has 0 saturated heterocycles. The number of carbonyl (C=O) groups is 1. The van der Waals surface area contributed by atoms with Crippen molar-refractivity contribution in [2.75, 3.05) is 20.8 Å². The van der Waals surface area contributed by atoms with Crippen molar-refractivity contribution in [3.05, 3.63) is 46.2 Å². The van der Waals surface area contributed by atoms with Crippen molar-refractivity contribution in [2.45, 2.75) is 11.3 Å². The third-order valence-electron chi connectivity index (χ3n) is 3.15. The zero-order chi connectivity index (χ0) is 16.9. The number of benzene rings is 1. The van der Waals surface area contributed by atoms with Gasteiger partial charge >= 0.3 is 5.97 Å². The molecule has 0 fully saturated rings. The summed E-state index contributed by atoms with van der Waals surface area (Å²) in [5, 5.41) is 1.55. The average molecular weight is 355 g/mol. The monoisotopic (exact) mass is 355 g/mol. The van der Waals surface area contributed by atoms with Crippen LogP contribution in [0.2, 0.25) is 0 Å². The molecule has 0 bridgehead atoms. The molecule has 0 aliphatic heterocycles. The van der Waals surface area contributed by atoms with E-state index in [0.717, 1.165) is 22.6 Å². The van der Waals surface area contributed by atoms with Crippen molar-refractivity contribution in [1.29, 1.82) is 0 Å². The first-order chi connectivity index (χ1) is 11.0. The number of carbonyl (C=O) groups excluding carboxylic acids is 1.